The Morgan fingerprint density at radius 2 is 2.08 bits per heavy atom. The summed E-state index contributed by atoms with van der Waals surface area (Å²) in [7, 11) is 1.94. The molecule has 0 unspecified atom stereocenters. The molecule has 0 atom stereocenters. The van der Waals surface area contributed by atoms with E-state index >= 15 is 0 Å². The SMILES string of the molecule is Cn1cnn2c3ccccc3nc12. The number of nitrogens with zero attached hydrogens (tertiary/aromatic N) is 4. The monoisotopic (exact) mass is 172 g/mol. The Morgan fingerprint density at radius 1 is 1.23 bits per heavy atom. The molecule has 0 bridgehead atoms. The predicted molar refractivity (Wildman–Crippen MR) is 49.5 cm³/mol. The Labute approximate surface area is 74.4 Å². The molecule has 0 aliphatic rings. The van der Waals surface area contributed by atoms with Gasteiger partial charge < -0.3 is 4.57 Å². The zero-order valence-electron chi connectivity index (χ0n) is 7.18. The van der Waals surface area contributed by atoms with Gasteiger partial charge in [0.2, 0.25) is 5.78 Å². The lowest BCUT2D eigenvalue weighted by molar-refractivity contribution is 0.934. The van der Waals surface area contributed by atoms with E-state index in [-0.39, 0.29) is 0 Å². The van der Waals surface area contributed by atoms with Crippen LogP contribution in [0.2, 0.25) is 0 Å². The highest BCUT2D eigenvalue weighted by atomic mass is 15.4. The third kappa shape index (κ3) is 0.744. The third-order valence-corrected chi connectivity index (χ3v) is 2.18. The molecule has 0 saturated heterocycles. The van der Waals surface area contributed by atoms with Gasteiger partial charge in [0.15, 0.2) is 0 Å². The van der Waals surface area contributed by atoms with Gasteiger partial charge in [0.05, 0.1) is 11.0 Å². The van der Waals surface area contributed by atoms with Crippen molar-refractivity contribution >= 4 is 16.8 Å². The smallest absolute Gasteiger partial charge is 0.232 e. The molecule has 4 nitrogen and oxygen atoms in total. The van der Waals surface area contributed by atoms with Crippen LogP contribution in [0.15, 0.2) is 30.6 Å². The zero-order valence-corrected chi connectivity index (χ0v) is 7.18. The average Bonchev–Trinajstić information content (AvgIpc) is 2.67. The maximum absolute atomic E-state index is 4.44. The molecule has 0 saturated carbocycles. The van der Waals surface area contributed by atoms with Gasteiger partial charge in [-0.1, -0.05) is 12.1 Å². The first-order valence-electron chi connectivity index (χ1n) is 4.11. The van der Waals surface area contributed by atoms with Crippen molar-refractivity contribution in [3.8, 4) is 0 Å². The molecule has 0 aliphatic carbocycles. The van der Waals surface area contributed by atoms with Crippen molar-refractivity contribution in [3.05, 3.63) is 30.6 Å². The van der Waals surface area contributed by atoms with E-state index in [0.29, 0.717) is 0 Å². The van der Waals surface area contributed by atoms with Crippen molar-refractivity contribution in [3.63, 3.8) is 0 Å². The van der Waals surface area contributed by atoms with Crippen LogP contribution in [0.3, 0.4) is 0 Å². The number of benzene rings is 1. The summed E-state index contributed by atoms with van der Waals surface area (Å²) in [5.41, 5.74) is 2.04. The molecule has 64 valence electrons. The zero-order chi connectivity index (χ0) is 8.84. The van der Waals surface area contributed by atoms with Gasteiger partial charge in [-0.15, -0.1) is 0 Å². The minimum absolute atomic E-state index is 0.876. The molecular weight excluding hydrogens is 164 g/mol. The summed E-state index contributed by atoms with van der Waals surface area (Å²) in [6, 6.07) is 7.98. The molecule has 4 heteroatoms. The van der Waals surface area contributed by atoms with Gasteiger partial charge in [-0.2, -0.15) is 9.61 Å². The fourth-order valence-corrected chi connectivity index (χ4v) is 1.52. The van der Waals surface area contributed by atoms with Gasteiger partial charge in [0.1, 0.15) is 6.33 Å². The van der Waals surface area contributed by atoms with E-state index in [0.717, 1.165) is 16.8 Å². The lowest BCUT2D eigenvalue weighted by Gasteiger charge is -1.84. The lowest BCUT2D eigenvalue weighted by Crippen LogP contribution is -1.85. The first-order chi connectivity index (χ1) is 6.36. The average molecular weight is 172 g/mol. The number of rotatable bonds is 0. The van der Waals surface area contributed by atoms with E-state index < -0.39 is 0 Å². The molecule has 13 heavy (non-hydrogen) atoms. The Hall–Kier alpha value is -1.84. The first kappa shape index (κ1) is 6.65. The molecule has 1 aromatic carbocycles. The number of aromatic nitrogens is 4. The van der Waals surface area contributed by atoms with Gasteiger partial charge in [0.25, 0.3) is 0 Å². The topological polar surface area (TPSA) is 35.1 Å². The highest BCUT2D eigenvalue weighted by molar-refractivity contribution is 5.78. The molecule has 0 spiro atoms. The second-order valence-corrected chi connectivity index (χ2v) is 3.05. The summed E-state index contributed by atoms with van der Waals surface area (Å²) in [5, 5.41) is 4.22. The lowest BCUT2D eigenvalue weighted by atomic mass is 10.3. The number of fused-ring (bicyclic) bond motifs is 3. The van der Waals surface area contributed by atoms with Crippen molar-refractivity contribution in [2.45, 2.75) is 0 Å². The van der Waals surface area contributed by atoms with Gasteiger partial charge >= 0.3 is 0 Å². The molecule has 3 aromatic rings. The Bertz CT molecular complexity index is 575. The van der Waals surface area contributed by atoms with Crippen molar-refractivity contribution in [2.24, 2.45) is 7.05 Å². The minimum atomic E-state index is 0.876. The maximum Gasteiger partial charge on any atom is 0.232 e. The number of imidazole rings is 1. The van der Waals surface area contributed by atoms with E-state index in [9.17, 15) is 0 Å². The van der Waals surface area contributed by atoms with Crippen LogP contribution in [0.5, 0.6) is 0 Å². The fraction of sp³-hybridized carbons (Fsp3) is 0.111. The van der Waals surface area contributed by atoms with E-state index in [2.05, 4.69) is 10.1 Å². The molecular formula is C9H8N4. The van der Waals surface area contributed by atoms with E-state index in [4.69, 9.17) is 0 Å². The van der Waals surface area contributed by atoms with E-state index in [1.807, 2.05) is 40.4 Å². The van der Waals surface area contributed by atoms with Gasteiger partial charge in [-0.25, -0.2) is 4.98 Å². The number of hydrogen-bond acceptors (Lipinski definition) is 2. The summed E-state index contributed by atoms with van der Waals surface area (Å²) >= 11 is 0. The highest BCUT2D eigenvalue weighted by Crippen LogP contribution is 2.13. The van der Waals surface area contributed by atoms with Crippen molar-refractivity contribution < 1.29 is 0 Å². The molecule has 2 heterocycles. The van der Waals surface area contributed by atoms with Gasteiger partial charge in [0, 0.05) is 7.05 Å². The quantitative estimate of drug-likeness (QED) is 0.511. The molecule has 0 N–H and O–H groups in total. The second kappa shape index (κ2) is 2.10. The number of para-hydroxylation sites is 2. The predicted octanol–water partition coefficient (Wildman–Crippen LogP) is 1.22. The minimum Gasteiger partial charge on any atom is -0.303 e. The van der Waals surface area contributed by atoms with Crippen LogP contribution < -0.4 is 0 Å². The van der Waals surface area contributed by atoms with E-state index in [1.54, 1.807) is 6.33 Å². The Kier molecular flexibility index (Phi) is 1.07. The van der Waals surface area contributed by atoms with Crippen molar-refractivity contribution in [1.82, 2.24) is 19.2 Å². The summed E-state index contributed by atoms with van der Waals surface area (Å²) in [5.74, 6) is 0.876. The molecule has 3 rings (SSSR count). The largest absolute Gasteiger partial charge is 0.303 e. The standard InChI is InChI=1S/C9H8N4/c1-12-6-10-13-8-5-3-2-4-7(8)11-9(12)13/h2-6H,1H3. The Balaban J connectivity index is 2.64. The second-order valence-electron chi connectivity index (χ2n) is 3.05. The molecule has 2 aromatic heterocycles. The Morgan fingerprint density at radius 3 is 3.00 bits per heavy atom. The summed E-state index contributed by atoms with van der Waals surface area (Å²) in [6.07, 6.45) is 1.76. The molecule has 0 fully saturated rings. The van der Waals surface area contributed by atoms with Crippen LogP contribution in [0.4, 0.5) is 0 Å². The molecule has 0 aliphatic heterocycles. The van der Waals surface area contributed by atoms with Crippen molar-refractivity contribution in [1.29, 1.82) is 0 Å². The van der Waals surface area contributed by atoms with Crippen LogP contribution in [-0.2, 0) is 7.05 Å². The third-order valence-electron chi connectivity index (χ3n) is 2.18. The normalized spacial score (nSPS) is 11.5. The van der Waals surface area contributed by atoms with Gasteiger partial charge in [-0.3, -0.25) is 0 Å². The molecule has 0 amide bonds. The van der Waals surface area contributed by atoms with Crippen LogP contribution >= 0.6 is 0 Å². The summed E-state index contributed by atoms with van der Waals surface area (Å²) < 4.78 is 3.75. The first-order valence-corrected chi connectivity index (χ1v) is 4.11. The number of aryl methyl sites for hydroxylation is 1. The number of hydrogen-bond donors (Lipinski definition) is 0. The van der Waals surface area contributed by atoms with Crippen LogP contribution in [0.1, 0.15) is 0 Å². The fourth-order valence-electron chi connectivity index (χ4n) is 1.52. The van der Waals surface area contributed by atoms with Crippen LogP contribution in [-0.4, -0.2) is 19.2 Å². The van der Waals surface area contributed by atoms with Crippen LogP contribution in [0.25, 0.3) is 16.8 Å². The molecule has 0 radical (unpaired) electrons. The van der Waals surface area contributed by atoms with Crippen molar-refractivity contribution in [2.75, 3.05) is 0 Å². The summed E-state index contributed by atoms with van der Waals surface area (Å²) in [4.78, 5) is 4.44. The highest BCUT2D eigenvalue weighted by Gasteiger charge is 2.05. The van der Waals surface area contributed by atoms with E-state index in [1.165, 1.54) is 0 Å². The van der Waals surface area contributed by atoms with Crippen LogP contribution in [0, 0.1) is 0 Å². The maximum atomic E-state index is 4.44. The van der Waals surface area contributed by atoms with Gasteiger partial charge in [-0.05, 0) is 12.1 Å². The summed E-state index contributed by atoms with van der Waals surface area (Å²) in [6.45, 7) is 0.